The van der Waals surface area contributed by atoms with Crippen molar-refractivity contribution in [1.82, 2.24) is 20.0 Å². The number of carbonyl (C=O) groups excluding carboxylic acids is 1. The summed E-state index contributed by atoms with van der Waals surface area (Å²) in [5.74, 6) is -0.346. The fourth-order valence-corrected chi connectivity index (χ4v) is 2.54. The number of aromatic nitrogens is 2. The standard InChI is InChI=1S/C10H13ClN4O3S/c1-6(9(16)14-7-2-3-7)15-19(17,18)8-4-12-10(11)13-5-8/h4-7,15H,2-3H2,1H3,(H,14,16). The number of nitrogens with zero attached hydrogens (tertiary/aromatic N) is 2. The summed E-state index contributed by atoms with van der Waals surface area (Å²) >= 11 is 5.48. The van der Waals surface area contributed by atoms with Gasteiger partial charge in [0, 0.05) is 6.04 Å². The molecule has 1 fully saturated rings. The lowest BCUT2D eigenvalue weighted by Crippen LogP contribution is -2.45. The Kier molecular flexibility index (Phi) is 4.02. The second-order valence-corrected chi connectivity index (χ2v) is 6.37. The Morgan fingerprint density at radius 1 is 1.42 bits per heavy atom. The average Bonchev–Trinajstić information content (AvgIpc) is 3.12. The molecule has 0 aliphatic heterocycles. The Balaban J connectivity index is 2.03. The minimum Gasteiger partial charge on any atom is -0.352 e. The molecule has 1 amide bonds. The molecular formula is C10H13ClN4O3S. The molecule has 1 atom stereocenters. The van der Waals surface area contributed by atoms with E-state index in [1.165, 1.54) is 6.92 Å². The molecule has 2 rings (SSSR count). The van der Waals surface area contributed by atoms with E-state index in [2.05, 4.69) is 20.0 Å². The summed E-state index contributed by atoms with van der Waals surface area (Å²) in [5, 5.41) is 2.68. The molecule has 19 heavy (non-hydrogen) atoms. The smallest absolute Gasteiger partial charge is 0.244 e. The van der Waals surface area contributed by atoms with Gasteiger partial charge in [0.1, 0.15) is 4.90 Å². The van der Waals surface area contributed by atoms with Crippen molar-refractivity contribution in [3.05, 3.63) is 17.7 Å². The van der Waals surface area contributed by atoms with E-state index in [0.717, 1.165) is 25.2 Å². The summed E-state index contributed by atoms with van der Waals surface area (Å²) in [6.07, 6.45) is 4.05. The first kappa shape index (κ1) is 14.2. The molecule has 1 saturated carbocycles. The topological polar surface area (TPSA) is 101 Å². The molecule has 1 aromatic heterocycles. The first-order chi connectivity index (χ1) is 8.88. The van der Waals surface area contributed by atoms with Crippen LogP contribution in [0.1, 0.15) is 19.8 Å². The third kappa shape index (κ3) is 3.85. The summed E-state index contributed by atoms with van der Waals surface area (Å²) in [7, 11) is -3.83. The van der Waals surface area contributed by atoms with Crippen LogP contribution in [0.4, 0.5) is 0 Å². The normalized spacial score (nSPS) is 16.9. The lowest BCUT2D eigenvalue weighted by molar-refractivity contribution is -0.122. The van der Waals surface area contributed by atoms with Gasteiger partial charge in [-0.05, 0) is 31.4 Å². The maximum Gasteiger partial charge on any atom is 0.244 e. The highest BCUT2D eigenvalue weighted by Gasteiger charge is 2.28. The van der Waals surface area contributed by atoms with Crippen molar-refractivity contribution in [3.8, 4) is 0 Å². The van der Waals surface area contributed by atoms with Gasteiger partial charge in [0.15, 0.2) is 0 Å². The monoisotopic (exact) mass is 304 g/mol. The number of hydrogen-bond donors (Lipinski definition) is 2. The lowest BCUT2D eigenvalue weighted by atomic mass is 10.3. The van der Waals surface area contributed by atoms with E-state index in [1.807, 2.05) is 0 Å². The fraction of sp³-hybridized carbons (Fsp3) is 0.500. The van der Waals surface area contributed by atoms with Gasteiger partial charge in [-0.2, -0.15) is 4.72 Å². The quantitative estimate of drug-likeness (QED) is 0.750. The zero-order chi connectivity index (χ0) is 14.0. The van der Waals surface area contributed by atoms with Crippen LogP contribution < -0.4 is 10.0 Å². The van der Waals surface area contributed by atoms with Crippen LogP contribution in [0.25, 0.3) is 0 Å². The van der Waals surface area contributed by atoms with E-state index in [1.54, 1.807) is 0 Å². The van der Waals surface area contributed by atoms with Gasteiger partial charge in [0.25, 0.3) is 0 Å². The van der Waals surface area contributed by atoms with Gasteiger partial charge in [-0.25, -0.2) is 18.4 Å². The molecule has 1 unspecified atom stereocenters. The second kappa shape index (κ2) is 5.40. The predicted molar refractivity (Wildman–Crippen MR) is 68.0 cm³/mol. The molecule has 0 bridgehead atoms. The highest BCUT2D eigenvalue weighted by atomic mass is 35.5. The highest BCUT2D eigenvalue weighted by molar-refractivity contribution is 7.89. The zero-order valence-electron chi connectivity index (χ0n) is 10.1. The Labute approximate surface area is 115 Å². The van der Waals surface area contributed by atoms with Gasteiger partial charge in [-0.1, -0.05) is 0 Å². The summed E-state index contributed by atoms with van der Waals surface area (Å²) in [5.41, 5.74) is 0. The Morgan fingerprint density at radius 3 is 2.53 bits per heavy atom. The van der Waals surface area contributed by atoms with E-state index in [0.29, 0.717) is 0 Å². The molecule has 9 heteroatoms. The summed E-state index contributed by atoms with van der Waals surface area (Å²) in [6, 6.07) is -0.681. The van der Waals surface area contributed by atoms with Crippen LogP contribution in [-0.2, 0) is 14.8 Å². The molecule has 1 aliphatic rings. The third-order valence-electron chi connectivity index (χ3n) is 2.56. The van der Waals surface area contributed by atoms with E-state index in [-0.39, 0.29) is 22.1 Å². The van der Waals surface area contributed by atoms with Crippen molar-refractivity contribution in [3.63, 3.8) is 0 Å². The van der Waals surface area contributed by atoms with Gasteiger partial charge in [-0.15, -0.1) is 0 Å². The van der Waals surface area contributed by atoms with Gasteiger partial charge < -0.3 is 5.32 Å². The Bertz CT molecular complexity index is 571. The number of carbonyl (C=O) groups is 1. The Hall–Kier alpha value is -1.25. The largest absolute Gasteiger partial charge is 0.352 e. The number of nitrogens with one attached hydrogen (secondary N) is 2. The molecule has 1 aromatic rings. The fourth-order valence-electron chi connectivity index (χ4n) is 1.35. The molecule has 0 radical (unpaired) electrons. The molecule has 1 heterocycles. The Morgan fingerprint density at radius 2 is 2.00 bits per heavy atom. The van der Waals surface area contributed by atoms with Crippen LogP contribution >= 0.6 is 11.6 Å². The van der Waals surface area contributed by atoms with Crippen molar-refractivity contribution in [2.75, 3.05) is 0 Å². The van der Waals surface area contributed by atoms with Gasteiger partial charge in [0.2, 0.25) is 21.2 Å². The van der Waals surface area contributed by atoms with Crippen molar-refractivity contribution < 1.29 is 13.2 Å². The zero-order valence-corrected chi connectivity index (χ0v) is 11.7. The molecule has 7 nitrogen and oxygen atoms in total. The summed E-state index contributed by atoms with van der Waals surface area (Å²) in [4.78, 5) is 18.7. The van der Waals surface area contributed by atoms with Crippen LogP contribution in [0, 0.1) is 0 Å². The van der Waals surface area contributed by atoms with Gasteiger partial charge in [-0.3, -0.25) is 4.79 Å². The maximum atomic E-state index is 11.9. The van der Waals surface area contributed by atoms with Crippen LogP contribution in [0.5, 0.6) is 0 Å². The second-order valence-electron chi connectivity index (χ2n) is 4.31. The number of amides is 1. The summed E-state index contributed by atoms with van der Waals surface area (Å²) in [6.45, 7) is 1.48. The van der Waals surface area contributed by atoms with Crippen LogP contribution in [-0.4, -0.2) is 36.4 Å². The highest BCUT2D eigenvalue weighted by Crippen LogP contribution is 2.18. The summed E-state index contributed by atoms with van der Waals surface area (Å²) < 4.78 is 26.2. The lowest BCUT2D eigenvalue weighted by Gasteiger charge is -2.13. The maximum absolute atomic E-state index is 11.9. The van der Waals surface area contributed by atoms with E-state index < -0.39 is 16.1 Å². The molecular weight excluding hydrogens is 292 g/mol. The van der Waals surface area contributed by atoms with E-state index in [4.69, 9.17) is 11.6 Å². The first-order valence-corrected chi connectivity index (χ1v) is 7.55. The third-order valence-corrected chi connectivity index (χ3v) is 4.25. The minimum atomic E-state index is -3.83. The molecule has 104 valence electrons. The van der Waals surface area contributed by atoms with Gasteiger partial charge in [0.05, 0.1) is 18.4 Å². The average molecular weight is 305 g/mol. The van der Waals surface area contributed by atoms with Crippen molar-refractivity contribution in [2.24, 2.45) is 0 Å². The van der Waals surface area contributed by atoms with Crippen molar-refractivity contribution >= 4 is 27.5 Å². The number of halogens is 1. The van der Waals surface area contributed by atoms with Crippen LogP contribution in [0.3, 0.4) is 0 Å². The SMILES string of the molecule is CC(NS(=O)(=O)c1cnc(Cl)nc1)C(=O)NC1CC1. The molecule has 0 spiro atoms. The molecule has 2 N–H and O–H groups in total. The molecule has 0 saturated heterocycles. The van der Waals surface area contributed by atoms with E-state index in [9.17, 15) is 13.2 Å². The molecule has 0 aromatic carbocycles. The molecule has 1 aliphatic carbocycles. The van der Waals surface area contributed by atoms with Crippen LogP contribution in [0.2, 0.25) is 5.28 Å². The number of sulfonamides is 1. The minimum absolute atomic E-state index is 0.0431. The van der Waals surface area contributed by atoms with Crippen molar-refractivity contribution in [1.29, 1.82) is 0 Å². The van der Waals surface area contributed by atoms with Crippen molar-refractivity contribution in [2.45, 2.75) is 36.7 Å². The number of rotatable bonds is 5. The number of hydrogen-bond acceptors (Lipinski definition) is 5. The van der Waals surface area contributed by atoms with Crippen LogP contribution in [0.15, 0.2) is 17.3 Å². The van der Waals surface area contributed by atoms with Gasteiger partial charge >= 0.3 is 0 Å². The first-order valence-electron chi connectivity index (χ1n) is 5.69. The van der Waals surface area contributed by atoms with E-state index >= 15 is 0 Å². The predicted octanol–water partition coefficient (Wildman–Crippen LogP) is 0.0754.